The van der Waals surface area contributed by atoms with Crippen LogP contribution in [0.4, 0.5) is 0 Å². The first kappa shape index (κ1) is 9.63. The van der Waals surface area contributed by atoms with E-state index in [-0.39, 0.29) is 5.91 Å². The number of methoxy groups -OCH3 is 1. The van der Waals surface area contributed by atoms with Crippen LogP contribution in [0.2, 0.25) is 0 Å². The highest BCUT2D eigenvalue weighted by Gasteiger charge is 2.02. The normalized spacial score (nSPS) is 9.69. The molecule has 0 fully saturated rings. The van der Waals surface area contributed by atoms with E-state index in [1.54, 1.807) is 19.2 Å². The molecule has 0 saturated carbocycles. The lowest BCUT2D eigenvalue weighted by Gasteiger charge is -2.00. The second-order valence-electron chi connectivity index (χ2n) is 2.44. The third-order valence-corrected chi connectivity index (χ3v) is 1.51. The zero-order valence-corrected chi connectivity index (χ0v) is 7.28. The Bertz CT molecular complexity index is 284. The number of hydrazine groups is 1. The second-order valence-corrected chi connectivity index (χ2v) is 2.44. The van der Waals surface area contributed by atoms with E-state index >= 15 is 0 Å². The van der Waals surface area contributed by atoms with Gasteiger partial charge in [0.1, 0.15) is 0 Å². The number of hydrogen-bond acceptors (Lipinski definition) is 4. The largest absolute Gasteiger partial charge is 0.378 e. The zero-order valence-electron chi connectivity index (χ0n) is 7.28. The highest BCUT2D eigenvalue weighted by atomic mass is 16.5. The molecule has 0 saturated heterocycles. The summed E-state index contributed by atoms with van der Waals surface area (Å²) in [6.07, 6.45) is 1.45. The van der Waals surface area contributed by atoms with Crippen LogP contribution in [-0.2, 0) is 11.3 Å². The summed E-state index contributed by atoms with van der Waals surface area (Å²) in [6.45, 7) is 0.435. The lowest BCUT2D eigenvalue weighted by atomic mass is 10.2. The average molecular weight is 181 g/mol. The van der Waals surface area contributed by atoms with E-state index in [1.165, 1.54) is 6.20 Å². The van der Waals surface area contributed by atoms with Crippen LogP contribution in [0.5, 0.6) is 0 Å². The van der Waals surface area contributed by atoms with Gasteiger partial charge in [-0.2, -0.15) is 0 Å². The first-order chi connectivity index (χ1) is 6.27. The summed E-state index contributed by atoms with van der Waals surface area (Å²) < 4.78 is 4.87. The van der Waals surface area contributed by atoms with Crippen molar-refractivity contribution in [3.05, 3.63) is 29.6 Å². The Morgan fingerprint density at radius 2 is 2.46 bits per heavy atom. The molecule has 1 amide bonds. The van der Waals surface area contributed by atoms with Crippen LogP contribution in [0.3, 0.4) is 0 Å². The van der Waals surface area contributed by atoms with Gasteiger partial charge in [0.2, 0.25) is 0 Å². The maximum Gasteiger partial charge on any atom is 0.266 e. The van der Waals surface area contributed by atoms with E-state index in [0.29, 0.717) is 12.2 Å². The number of nitrogens with two attached hydrogens (primary N) is 1. The number of nitrogens with zero attached hydrogens (tertiary/aromatic N) is 1. The van der Waals surface area contributed by atoms with E-state index in [4.69, 9.17) is 10.6 Å². The summed E-state index contributed by atoms with van der Waals surface area (Å²) in [4.78, 5) is 15.0. The fourth-order valence-electron chi connectivity index (χ4n) is 0.875. The molecule has 1 aromatic rings. The van der Waals surface area contributed by atoms with Crippen molar-refractivity contribution < 1.29 is 9.53 Å². The van der Waals surface area contributed by atoms with Crippen LogP contribution < -0.4 is 11.3 Å². The molecule has 0 aliphatic heterocycles. The third kappa shape index (κ3) is 2.50. The molecule has 0 unspecified atom stereocenters. The minimum atomic E-state index is -0.350. The van der Waals surface area contributed by atoms with Gasteiger partial charge in [-0.3, -0.25) is 15.2 Å². The third-order valence-electron chi connectivity index (χ3n) is 1.51. The van der Waals surface area contributed by atoms with Gasteiger partial charge >= 0.3 is 0 Å². The maximum atomic E-state index is 11.0. The van der Waals surface area contributed by atoms with Crippen LogP contribution in [0.25, 0.3) is 0 Å². The SMILES string of the molecule is COCc1ccc(C(=O)NN)cn1. The highest BCUT2D eigenvalue weighted by molar-refractivity contribution is 5.93. The number of amides is 1. The van der Waals surface area contributed by atoms with Crippen LogP contribution in [0, 0.1) is 0 Å². The molecule has 1 aromatic heterocycles. The van der Waals surface area contributed by atoms with Gasteiger partial charge in [0, 0.05) is 13.3 Å². The summed E-state index contributed by atoms with van der Waals surface area (Å²) in [5.41, 5.74) is 3.23. The molecule has 0 atom stereocenters. The summed E-state index contributed by atoms with van der Waals surface area (Å²) in [7, 11) is 1.59. The molecule has 5 nitrogen and oxygen atoms in total. The predicted molar refractivity (Wildman–Crippen MR) is 46.6 cm³/mol. The Kier molecular flexibility index (Phi) is 3.36. The van der Waals surface area contributed by atoms with Crippen molar-refractivity contribution in [2.45, 2.75) is 6.61 Å². The molecular formula is C8H11N3O2. The number of nitrogen functional groups attached to an aromatic ring is 1. The van der Waals surface area contributed by atoms with Crippen LogP contribution in [0.1, 0.15) is 16.1 Å². The number of carbonyl (C=O) groups is 1. The van der Waals surface area contributed by atoms with Crippen molar-refractivity contribution in [2.24, 2.45) is 5.84 Å². The number of pyridine rings is 1. The smallest absolute Gasteiger partial charge is 0.266 e. The fourth-order valence-corrected chi connectivity index (χ4v) is 0.875. The minimum Gasteiger partial charge on any atom is -0.378 e. The number of aromatic nitrogens is 1. The summed E-state index contributed by atoms with van der Waals surface area (Å²) in [5.74, 6) is 4.60. The van der Waals surface area contributed by atoms with Crippen LogP contribution in [0.15, 0.2) is 18.3 Å². The number of nitrogens with one attached hydrogen (secondary N) is 1. The van der Waals surface area contributed by atoms with E-state index < -0.39 is 0 Å². The molecule has 3 N–H and O–H groups in total. The van der Waals surface area contributed by atoms with Crippen molar-refractivity contribution in [2.75, 3.05) is 7.11 Å². The molecule has 70 valence electrons. The molecule has 0 radical (unpaired) electrons. The van der Waals surface area contributed by atoms with Gasteiger partial charge in [-0.05, 0) is 12.1 Å². The second kappa shape index (κ2) is 4.54. The van der Waals surface area contributed by atoms with Gasteiger partial charge in [0.25, 0.3) is 5.91 Å². The van der Waals surface area contributed by atoms with Gasteiger partial charge in [-0.1, -0.05) is 0 Å². The van der Waals surface area contributed by atoms with Crippen molar-refractivity contribution in [1.82, 2.24) is 10.4 Å². The van der Waals surface area contributed by atoms with Gasteiger partial charge in [-0.25, -0.2) is 5.84 Å². The van der Waals surface area contributed by atoms with Gasteiger partial charge in [0.15, 0.2) is 0 Å². The molecule has 1 heterocycles. The van der Waals surface area contributed by atoms with Gasteiger partial charge in [-0.15, -0.1) is 0 Å². The lowest BCUT2D eigenvalue weighted by molar-refractivity contribution is 0.0953. The van der Waals surface area contributed by atoms with Crippen LogP contribution in [-0.4, -0.2) is 18.0 Å². The molecule has 0 spiro atoms. The van der Waals surface area contributed by atoms with Gasteiger partial charge < -0.3 is 4.74 Å². The quantitative estimate of drug-likeness (QED) is 0.385. The molecular weight excluding hydrogens is 170 g/mol. The van der Waals surface area contributed by atoms with Crippen molar-refractivity contribution >= 4 is 5.91 Å². The highest BCUT2D eigenvalue weighted by Crippen LogP contribution is 2.00. The Morgan fingerprint density at radius 1 is 1.69 bits per heavy atom. The Hall–Kier alpha value is -1.46. The van der Waals surface area contributed by atoms with E-state index in [1.807, 2.05) is 5.43 Å². The molecule has 0 aromatic carbocycles. The number of hydrogen-bond donors (Lipinski definition) is 2. The van der Waals surface area contributed by atoms with Crippen molar-refractivity contribution in [3.63, 3.8) is 0 Å². The molecule has 13 heavy (non-hydrogen) atoms. The first-order valence-corrected chi connectivity index (χ1v) is 3.72. The molecule has 1 rings (SSSR count). The van der Waals surface area contributed by atoms with E-state index in [2.05, 4.69) is 4.98 Å². The number of carbonyl (C=O) groups excluding carboxylic acids is 1. The van der Waals surface area contributed by atoms with E-state index in [0.717, 1.165) is 5.69 Å². The molecule has 0 aliphatic rings. The Labute approximate surface area is 75.9 Å². The summed E-state index contributed by atoms with van der Waals surface area (Å²) in [6, 6.07) is 3.36. The standard InChI is InChI=1S/C8H11N3O2/c1-13-5-7-3-2-6(4-10-7)8(12)11-9/h2-4H,5,9H2,1H3,(H,11,12). The summed E-state index contributed by atoms with van der Waals surface area (Å²) >= 11 is 0. The number of rotatable bonds is 3. The monoisotopic (exact) mass is 181 g/mol. The molecule has 5 heteroatoms. The minimum absolute atomic E-state index is 0.350. The maximum absolute atomic E-state index is 11.0. The Balaban J connectivity index is 2.75. The Morgan fingerprint density at radius 3 is 2.92 bits per heavy atom. The van der Waals surface area contributed by atoms with Gasteiger partial charge in [0.05, 0.1) is 17.9 Å². The predicted octanol–water partition coefficient (Wildman–Crippen LogP) is -0.169. The first-order valence-electron chi connectivity index (χ1n) is 3.72. The van der Waals surface area contributed by atoms with Crippen LogP contribution >= 0.6 is 0 Å². The van der Waals surface area contributed by atoms with Crippen molar-refractivity contribution in [1.29, 1.82) is 0 Å². The average Bonchev–Trinajstić information content (AvgIpc) is 2.18. The molecule has 0 aliphatic carbocycles. The lowest BCUT2D eigenvalue weighted by Crippen LogP contribution is -2.30. The number of ether oxygens (including phenoxy) is 1. The summed E-state index contributed by atoms with van der Waals surface area (Å²) in [5, 5.41) is 0. The zero-order chi connectivity index (χ0) is 9.68. The molecule has 0 bridgehead atoms. The van der Waals surface area contributed by atoms with E-state index in [9.17, 15) is 4.79 Å². The fraction of sp³-hybridized carbons (Fsp3) is 0.250. The topological polar surface area (TPSA) is 77.2 Å². The van der Waals surface area contributed by atoms with Crippen molar-refractivity contribution in [3.8, 4) is 0 Å².